The molecule has 0 unspecified atom stereocenters. The number of rotatable bonds is 3. The van der Waals surface area contributed by atoms with Crippen LogP contribution in [0.2, 0.25) is 0 Å². The summed E-state index contributed by atoms with van der Waals surface area (Å²) in [6.45, 7) is 0.333. The molecule has 2 rings (SSSR count). The third kappa shape index (κ3) is 2.15. The first-order valence-electron chi connectivity index (χ1n) is 5.98. The van der Waals surface area contributed by atoms with E-state index in [1.54, 1.807) is 24.3 Å². The largest absolute Gasteiger partial charge is 0.496 e. The summed E-state index contributed by atoms with van der Waals surface area (Å²) in [5.41, 5.74) is 4.54. The van der Waals surface area contributed by atoms with Gasteiger partial charge >= 0.3 is 5.97 Å². The second-order valence-corrected chi connectivity index (χ2v) is 4.49. The fraction of sp³-hybridized carbons (Fsp3) is 0.385. The van der Waals surface area contributed by atoms with Gasteiger partial charge in [-0.2, -0.15) is 0 Å². The number of carbonyl (C=O) groups is 2. The average molecular weight is 264 g/mol. The Labute approximate surface area is 110 Å². The van der Waals surface area contributed by atoms with Crippen molar-refractivity contribution >= 4 is 11.9 Å². The Morgan fingerprint density at radius 3 is 2.74 bits per heavy atom. The lowest BCUT2D eigenvalue weighted by molar-refractivity contribution is -0.148. The quantitative estimate of drug-likeness (QED) is 0.837. The van der Waals surface area contributed by atoms with Crippen LogP contribution in [0, 0.1) is 0 Å². The molecule has 1 aliphatic rings. The Morgan fingerprint density at radius 2 is 2.11 bits per heavy atom. The summed E-state index contributed by atoms with van der Waals surface area (Å²) in [5.74, 6) is -1.19. The van der Waals surface area contributed by atoms with E-state index in [1.165, 1.54) is 12.0 Å². The number of ether oxygens (including phenoxy) is 1. The molecule has 6 nitrogen and oxygen atoms in total. The highest BCUT2D eigenvalue weighted by Gasteiger charge is 2.47. The Hall–Kier alpha value is -2.08. The zero-order valence-electron chi connectivity index (χ0n) is 10.6. The lowest BCUT2D eigenvalue weighted by atomic mass is 10.1. The normalized spacial score (nSPS) is 22.3. The fourth-order valence-corrected chi connectivity index (χ4v) is 2.31. The molecule has 1 atom stereocenters. The van der Waals surface area contributed by atoms with Crippen molar-refractivity contribution in [2.45, 2.75) is 18.5 Å². The van der Waals surface area contributed by atoms with Crippen LogP contribution in [0.15, 0.2) is 24.3 Å². The first kappa shape index (κ1) is 13.4. The van der Waals surface area contributed by atoms with Gasteiger partial charge in [0.1, 0.15) is 5.75 Å². The molecule has 102 valence electrons. The Morgan fingerprint density at radius 1 is 1.42 bits per heavy atom. The second-order valence-electron chi connectivity index (χ2n) is 4.49. The smallest absolute Gasteiger partial charge is 0.344 e. The van der Waals surface area contributed by atoms with Gasteiger partial charge in [0.15, 0.2) is 5.66 Å². The van der Waals surface area contributed by atoms with Gasteiger partial charge in [-0.25, -0.2) is 4.79 Å². The number of hydrogen-bond donors (Lipinski definition) is 2. The third-order valence-corrected chi connectivity index (χ3v) is 3.37. The van der Waals surface area contributed by atoms with Gasteiger partial charge < -0.3 is 14.7 Å². The molecule has 0 bridgehead atoms. The van der Waals surface area contributed by atoms with E-state index in [4.69, 9.17) is 10.5 Å². The summed E-state index contributed by atoms with van der Waals surface area (Å²) < 4.78 is 5.12. The summed E-state index contributed by atoms with van der Waals surface area (Å²) in [6.07, 6.45) is 0.826. The van der Waals surface area contributed by atoms with Crippen molar-refractivity contribution < 1.29 is 19.4 Å². The number of methoxy groups -OCH3 is 1. The van der Waals surface area contributed by atoms with Crippen LogP contribution in [0.3, 0.4) is 0 Å². The van der Waals surface area contributed by atoms with Gasteiger partial charge in [0.25, 0.3) is 5.91 Å². The van der Waals surface area contributed by atoms with Crippen molar-refractivity contribution in [3.8, 4) is 5.75 Å². The van der Waals surface area contributed by atoms with E-state index in [2.05, 4.69) is 0 Å². The van der Waals surface area contributed by atoms with Crippen molar-refractivity contribution in [3.63, 3.8) is 0 Å². The molecule has 0 aromatic heterocycles. The molecule has 1 aliphatic heterocycles. The number of carboxylic acids is 1. The van der Waals surface area contributed by atoms with Gasteiger partial charge in [-0.3, -0.25) is 10.5 Å². The Balaban J connectivity index is 2.36. The number of nitrogens with zero attached hydrogens (tertiary/aromatic N) is 1. The lowest BCUT2D eigenvalue weighted by Gasteiger charge is -2.31. The van der Waals surface area contributed by atoms with E-state index in [0.29, 0.717) is 24.3 Å². The van der Waals surface area contributed by atoms with Gasteiger partial charge in [-0.1, -0.05) is 12.1 Å². The molecule has 1 amide bonds. The number of hydrogen-bond acceptors (Lipinski definition) is 4. The number of aliphatic carboxylic acids is 1. The minimum absolute atomic E-state index is 0.253. The predicted octanol–water partition coefficient (Wildman–Crippen LogP) is 0.671. The molecule has 1 aromatic carbocycles. The molecule has 0 aliphatic carbocycles. The lowest BCUT2D eigenvalue weighted by Crippen LogP contribution is -2.59. The summed E-state index contributed by atoms with van der Waals surface area (Å²) in [7, 11) is 1.46. The molecule has 1 fully saturated rings. The number of carbonyl (C=O) groups excluding carboxylic acids is 1. The highest BCUT2D eigenvalue weighted by Crippen LogP contribution is 2.29. The van der Waals surface area contributed by atoms with Gasteiger partial charge in [0.2, 0.25) is 0 Å². The third-order valence-electron chi connectivity index (χ3n) is 3.37. The van der Waals surface area contributed by atoms with Gasteiger partial charge in [-0.05, 0) is 25.0 Å². The van der Waals surface area contributed by atoms with Crippen LogP contribution in [0.1, 0.15) is 23.2 Å². The van der Waals surface area contributed by atoms with Crippen LogP contribution < -0.4 is 10.5 Å². The van der Waals surface area contributed by atoms with Crippen molar-refractivity contribution in [2.24, 2.45) is 5.73 Å². The number of likely N-dealkylation sites (tertiary alicyclic amines) is 1. The zero-order chi connectivity index (χ0) is 14.0. The highest BCUT2D eigenvalue weighted by atomic mass is 16.5. The maximum absolute atomic E-state index is 12.4. The van der Waals surface area contributed by atoms with Crippen LogP contribution in [0.4, 0.5) is 0 Å². The van der Waals surface area contributed by atoms with Crippen LogP contribution in [-0.4, -0.2) is 41.2 Å². The maximum atomic E-state index is 12.4. The minimum atomic E-state index is -1.63. The van der Waals surface area contributed by atoms with E-state index in [0.717, 1.165) is 0 Å². The van der Waals surface area contributed by atoms with Crippen molar-refractivity contribution in [2.75, 3.05) is 13.7 Å². The standard InChI is InChI=1S/C13H16N2O4/c1-19-10-6-3-2-5-9(10)11(16)15-8-4-7-13(15,14)12(17)18/h2-3,5-6H,4,7-8,14H2,1H3,(H,17,18)/t13-/m0/s1. The first-order valence-corrected chi connectivity index (χ1v) is 5.98. The number of carboxylic acid groups (broad SMARTS) is 1. The molecule has 0 spiro atoms. The Kier molecular flexibility index (Phi) is 3.44. The van der Waals surface area contributed by atoms with Crippen molar-refractivity contribution in [1.82, 2.24) is 4.90 Å². The summed E-state index contributed by atoms with van der Waals surface area (Å²) in [5, 5.41) is 9.22. The van der Waals surface area contributed by atoms with Crippen LogP contribution in [0.5, 0.6) is 5.75 Å². The van der Waals surface area contributed by atoms with Crippen molar-refractivity contribution in [3.05, 3.63) is 29.8 Å². The monoisotopic (exact) mass is 264 g/mol. The minimum Gasteiger partial charge on any atom is -0.496 e. The van der Waals surface area contributed by atoms with E-state index in [9.17, 15) is 14.7 Å². The van der Waals surface area contributed by atoms with E-state index >= 15 is 0 Å². The average Bonchev–Trinajstić information content (AvgIpc) is 2.81. The molecule has 3 N–H and O–H groups in total. The molecule has 1 heterocycles. The molecule has 1 saturated heterocycles. The summed E-state index contributed by atoms with van der Waals surface area (Å²) in [6, 6.07) is 6.70. The van der Waals surface area contributed by atoms with Crippen LogP contribution in [0.25, 0.3) is 0 Å². The summed E-state index contributed by atoms with van der Waals surface area (Å²) >= 11 is 0. The van der Waals surface area contributed by atoms with Crippen LogP contribution >= 0.6 is 0 Å². The molecular formula is C13H16N2O4. The van der Waals surface area contributed by atoms with E-state index in [-0.39, 0.29) is 6.42 Å². The molecule has 6 heteroatoms. The van der Waals surface area contributed by atoms with Gasteiger partial charge in [-0.15, -0.1) is 0 Å². The first-order chi connectivity index (χ1) is 9.00. The van der Waals surface area contributed by atoms with E-state index < -0.39 is 17.5 Å². The van der Waals surface area contributed by atoms with Crippen molar-refractivity contribution in [1.29, 1.82) is 0 Å². The van der Waals surface area contributed by atoms with E-state index in [1.807, 2.05) is 0 Å². The van der Waals surface area contributed by atoms with Gasteiger partial charge in [0, 0.05) is 6.54 Å². The highest BCUT2D eigenvalue weighted by molar-refractivity contribution is 6.00. The number of benzene rings is 1. The second kappa shape index (κ2) is 4.89. The zero-order valence-corrected chi connectivity index (χ0v) is 10.6. The number of para-hydroxylation sites is 1. The number of amides is 1. The fourth-order valence-electron chi connectivity index (χ4n) is 2.31. The SMILES string of the molecule is COc1ccccc1C(=O)N1CCC[C@@]1(N)C(=O)O. The molecule has 19 heavy (non-hydrogen) atoms. The predicted molar refractivity (Wildman–Crippen MR) is 67.8 cm³/mol. The Bertz CT molecular complexity index is 517. The molecule has 0 saturated carbocycles. The number of nitrogens with two attached hydrogens (primary N) is 1. The molecular weight excluding hydrogens is 248 g/mol. The molecule has 0 radical (unpaired) electrons. The topological polar surface area (TPSA) is 92.9 Å². The maximum Gasteiger partial charge on any atom is 0.344 e. The van der Waals surface area contributed by atoms with Crippen LogP contribution in [-0.2, 0) is 4.79 Å². The van der Waals surface area contributed by atoms with Gasteiger partial charge in [0.05, 0.1) is 12.7 Å². The molecule has 1 aromatic rings. The summed E-state index contributed by atoms with van der Waals surface area (Å²) in [4.78, 5) is 24.9.